The first-order chi connectivity index (χ1) is 24.4. The van der Waals surface area contributed by atoms with E-state index in [9.17, 15) is 0 Å². The van der Waals surface area contributed by atoms with Gasteiger partial charge in [-0.15, -0.1) is 0 Å². The van der Waals surface area contributed by atoms with Crippen LogP contribution in [-0.4, -0.2) is 49.9 Å². The first-order valence-electron chi connectivity index (χ1n) is 16.8. The Labute approximate surface area is 291 Å². The highest BCUT2D eigenvalue weighted by Crippen LogP contribution is 2.41. The molecule has 1 aromatic heterocycles. The van der Waals surface area contributed by atoms with Crippen molar-refractivity contribution in [1.29, 1.82) is 0 Å². The molecule has 0 spiro atoms. The molecule has 0 fully saturated rings. The van der Waals surface area contributed by atoms with Crippen molar-refractivity contribution in [2.75, 3.05) is 26.4 Å². The van der Waals surface area contributed by atoms with Crippen LogP contribution in [0.15, 0.2) is 119 Å². The van der Waals surface area contributed by atoms with Crippen LogP contribution >= 0.6 is 0 Å². The number of hydrogen-bond donors (Lipinski definition) is 0. The topological polar surface area (TPSA) is 66.6 Å². The fraction of sp³-hybridized carbons (Fsp3) is 0.200. The Bertz CT molecular complexity index is 2000. The van der Waals surface area contributed by atoms with Gasteiger partial charge < -0.3 is 23.4 Å². The molecule has 0 unspecified atom stereocenters. The van der Waals surface area contributed by atoms with Crippen LogP contribution in [0.3, 0.4) is 0 Å². The summed E-state index contributed by atoms with van der Waals surface area (Å²) in [6, 6.07) is 31.5. The van der Waals surface area contributed by atoms with Gasteiger partial charge in [-0.05, 0) is 129 Å². The molecule has 1 aliphatic rings. The number of aliphatic imine (C=N–C) groups is 2. The zero-order valence-electron chi connectivity index (χ0n) is 28.5. The van der Waals surface area contributed by atoms with Gasteiger partial charge in [0.25, 0.3) is 0 Å². The number of halogens is 2. The highest BCUT2D eigenvalue weighted by Gasteiger charge is 2.30. The van der Waals surface area contributed by atoms with E-state index in [1.807, 2.05) is 107 Å². The zero-order valence-corrected chi connectivity index (χ0v) is 28.5. The molecule has 4 aromatic carbocycles. The number of nitrogens with zero attached hydrogens (tertiary/aromatic N) is 3. The molecule has 2 heterocycles. The van der Waals surface area contributed by atoms with Crippen LogP contribution in [-0.2, 0) is 0 Å². The summed E-state index contributed by atoms with van der Waals surface area (Å²) in [6.45, 7) is 9.77. The monoisotopic (exact) mass is 673 g/mol. The molecule has 254 valence electrons. The van der Waals surface area contributed by atoms with Crippen LogP contribution in [0.2, 0.25) is 0 Å². The average molecular weight is 674 g/mol. The van der Waals surface area contributed by atoms with Gasteiger partial charge in [0.1, 0.15) is 28.8 Å². The van der Waals surface area contributed by atoms with E-state index >= 15 is 8.63 Å². The Hall–Kier alpha value is -5.64. The van der Waals surface area contributed by atoms with Crippen molar-refractivity contribution in [3.05, 3.63) is 120 Å². The minimum absolute atomic E-state index is 0.0802. The molecule has 1 aliphatic heterocycles. The van der Waals surface area contributed by atoms with E-state index in [1.165, 1.54) is 0 Å². The highest BCUT2D eigenvalue weighted by atomic mass is 19.2. The van der Waals surface area contributed by atoms with Gasteiger partial charge in [-0.2, -0.15) is 0 Å². The summed E-state index contributed by atoms with van der Waals surface area (Å²) < 4.78 is 54.1. The molecule has 6 rings (SSSR count). The Morgan fingerprint density at radius 3 is 1.44 bits per heavy atom. The number of benzene rings is 4. The standard InChI is InChI=1S/C40H38BF2N3O4/c1-5-47-31-17-9-27(10-18-31)35-25-37(29-13-21-33(22-14-29)49-7-3)44-39(35)45-40-36(28-11-19-32(20-12-28)48-6-2)26-38(46(40)41(42)43)30-15-23-34(24-16-30)50-8-4/h9-26H,5-8H2,1-4H3. The van der Waals surface area contributed by atoms with Gasteiger partial charge in [0.15, 0.2) is 5.84 Å². The van der Waals surface area contributed by atoms with Crippen molar-refractivity contribution >= 4 is 30.3 Å². The van der Waals surface area contributed by atoms with E-state index in [1.54, 1.807) is 30.3 Å². The first-order valence-corrected chi connectivity index (χ1v) is 16.8. The maximum absolute atomic E-state index is 15.3. The largest absolute Gasteiger partial charge is 0.679 e. The lowest BCUT2D eigenvalue weighted by atomic mass is 10.0. The second kappa shape index (κ2) is 15.7. The van der Waals surface area contributed by atoms with Crippen LogP contribution in [0.25, 0.3) is 28.0 Å². The van der Waals surface area contributed by atoms with E-state index in [0.29, 0.717) is 77.4 Å². The zero-order chi connectivity index (χ0) is 35.0. The van der Waals surface area contributed by atoms with Crippen molar-refractivity contribution in [2.24, 2.45) is 9.98 Å². The maximum Gasteiger partial charge on any atom is 0.679 e. The number of rotatable bonds is 14. The summed E-state index contributed by atoms with van der Waals surface area (Å²) in [5.74, 6) is 3.21. The molecule has 5 aromatic rings. The number of allylic oxidation sites excluding steroid dienone is 1. The second-order valence-electron chi connectivity index (χ2n) is 11.2. The van der Waals surface area contributed by atoms with E-state index in [0.717, 1.165) is 27.1 Å². The van der Waals surface area contributed by atoms with Crippen molar-refractivity contribution < 1.29 is 27.6 Å². The van der Waals surface area contributed by atoms with E-state index < -0.39 is 7.40 Å². The van der Waals surface area contributed by atoms with Gasteiger partial charge in [-0.25, -0.2) is 9.98 Å². The molecular weight excluding hydrogens is 635 g/mol. The third-order valence-corrected chi connectivity index (χ3v) is 8.04. The van der Waals surface area contributed by atoms with E-state index in [4.69, 9.17) is 28.9 Å². The normalized spacial score (nSPS) is 13.2. The molecule has 0 aliphatic carbocycles. The van der Waals surface area contributed by atoms with Gasteiger partial charge in [-0.3, -0.25) is 8.63 Å². The fourth-order valence-corrected chi connectivity index (χ4v) is 5.79. The molecule has 0 saturated carbocycles. The van der Waals surface area contributed by atoms with Crippen LogP contribution < -0.4 is 18.9 Å². The predicted octanol–water partition coefficient (Wildman–Crippen LogP) is 9.81. The summed E-state index contributed by atoms with van der Waals surface area (Å²) >= 11 is 0. The summed E-state index contributed by atoms with van der Waals surface area (Å²) in [5.41, 5.74) is 5.15. The third-order valence-electron chi connectivity index (χ3n) is 8.04. The molecule has 0 atom stereocenters. The van der Waals surface area contributed by atoms with Gasteiger partial charge in [0, 0.05) is 22.4 Å². The fourth-order valence-electron chi connectivity index (χ4n) is 5.79. The SMILES string of the molecule is CCOc1ccc(C2=CC(c3ccc(OCC)cc3)=NC2=Nc2c(-c3ccc(OCC)cc3)cc(-c3ccc(OCC)cc3)n2B(F)F)cc1. The number of hydrogen-bond acceptors (Lipinski definition) is 5. The highest BCUT2D eigenvalue weighted by molar-refractivity contribution is 6.43. The summed E-state index contributed by atoms with van der Waals surface area (Å²) in [4.78, 5) is 9.92. The number of amidine groups is 1. The summed E-state index contributed by atoms with van der Waals surface area (Å²) in [5, 5.41) is 0. The van der Waals surface area contributed by atoms with Crippen LogP contribution in [0.4, 0.5) is 14.4 Å². The molecule has 50 heavy (non-hydrogen) atoms. The van der Waals surface area contributed by atoms with Crippen molar-refractivity contribution in [3.8, 4) is 45.4 Å². The molecule has 0 radical (unpaired) electrons. The Morgan fingerprint density at radius 1 is 0.580 bits per heavy atom. The molecule has 0 N–H and O–H groups in total. The third kappa shape index (κ3) is 7.49. The Kier molecular flexibility index (Phi) is 10.8. The van der Waals surface area contributed by atoms with E-state index in [-0.39, 0.29) is 5.82 Å². The van der Waals surface area contributed by atoms with Crippen LogP contribution in [0, 0.1) is 0 Å². The lowest BCUT2D eigenvalue weighted by molar-refractivity contribution is 0.340. The lowest BCUT2D eigenvalue weighted by Gasteiger charge is -2.11. The quantitative estimate of drug-likeness (QED) is 0.110. The smallest absolute Gasteiger partial charge is 0.494 e. The predicted molar refractivity (Wildman–Crippen MR) is 198 cm³/mol. The maximum atomic E-state index is 15.3. The summed E-state index contributed by atoms with van der Waals surface area (Å²) in [7, 11) is -2.90. The van der Waals surface area contributed by atoms with Crippen molar-refractivity contribution in [3.63, 3.8) is 0 Å². The number of ether oxygens (including phenoxy) is 4. The van der Waals surface area contributed by atoms with Gasteiger partial charge in [0.2, 0.25) is 0 Å². The number of aromatic nitrogens is 1. The van der Waals surface area contributed by atoms with E-state index in [2.05, 4.69) is 0 Å². The molecule has 0 bridgehead atoms. The van der Waals surface area contributed by atoms with Gasteiger partial charge in [0.05, 0.1) is 32.1 Å². The Balaban J connectivity index is 1.54. The summed E-state index contributed by atoms with van der Waals surface area (Å²) in [6.07, 6.45) is 1.93. The molecule has 10 heteroatoms. The minimum Gasteiger partial charge on any atom is -0.494 e. The van der Waals surface area contributed by atoms with Crippen molar-refractivity contribution in [1.82, 2.24) is 4.48 Å². The van der Waals surface area contributed by atoms with Gasteiger partial charge >= 0.3 is 7.40 Å². The molecular formula is C40H38BF2N3O4. The van der Waals surface area contributed by atoms with Crippen LogP contribution in [0.5, 0.6) is 23.0 Å². The lowest BCUT2D eigenvalue weighted by Crippen LogP contribution is -2.14. The second-order valence-corrected chi connectivity index (χ2v) is 11.2. The minimum atomic E-state index is -2.90. The average Bonchev–Trinajstić information content (AvgIpc) is 3.73. The molecule has 7 nitrogen and oxygen atoms in total. The Morgan fingerprint density at radius 2 is 1.00 bits per heavy atom. The molecule has 0 amide bonds. The first kappa shape index (κ1) is 34.2. The van der Waals surface area contributed by atoms with Crippen LogP contribution in [0.1, 0.15) is 38.8 Å². The van der Waals surface area contributed by atoms with Gasteiger partial charge in [-0.1, -0.05) is 24.3 Å². The molecule has 0 saturated heterocycles. The van der Waals surface area contributed by atoms with Crippen molar-refractivity contribution in [2.45, 2.75) is 27.7 Å².